The summed E-state index contributed by atoms with van der Waals surface area (Å²) >= 11 is 0. The van der Waals surface area contributed by atoms with Crippen molar-refractivity contribution in [3.05, 3.63) is 28.8 Å². The molecule has 1 nitrogen and oxygen atoms in total. The molecule has 0 N–H and O–H groups in total. The van der Waals surface area contributed by atoms with Crippen LogP contribution in [0.25, 0.3) is 0 Å². The Morgan fingerprint density at radius 1 is 0.944 bits per heavy atom. The van der Waals surface area contributed by atoms with Gasteiger partial charge in [-0.25, -0.2) is 0 Å². The number of hydrogen-bond acceptors (Lipinski definition) is 1. The molecule has 0 amide bonds. The zero-order chi connectivity index (χ0) is 14.1. The molecule has 0 bridgehead atoms. The smallest absolute Gasteiger partial charge is 0.416 e. The van der Waals surface area contributed by atoms with Gasteiger partial charge in [-0.2, -0.15) is 26.3 Å². The Bertz CT molecular complexity index is 397. The molecule has 0 aliphatic carbocycles. The summed E-state index contributed by atoms with van der Waals surface area (Å²) in [5.41, 5.74) is -3.39. The van der Waals surface area contributed by atoms with Gasteiger partial charge in [-0.3, -0.25) is 0 Å². The van der Waals surface area contributed by atoms with Crippen molar-refractivity contribution < 1.29 is 31.1 Å². The van der Waals surface area contributed by atoms with Gasteiger partial charge in [0.1, 0.15) is 5.75 Å². The highest BCUT2D eigenvalue weighted by molar-refractivity contribution is 5.45. The van der Waals surface area contributed by atoms with Crippen LogP contribution in [0.4, 0.5) is 26.3 Å². The van der Waals surface area contributed by atoms with Crippen LogP contribution in [0.1, 0.15) is 23.6 Å². The average Bonchev–Trinajstić information content (AvgIpc) is 2.24. The highest BCUT2D eigenvalue weighted by Gasteiger charge is 2.40. The monoisotopic (exact) mass is 272 g/mol. The summed E-state index contributed by atoms with van der Waals surface area (Å²) < 4.78 is 80.7. The second kappa shape index (κ2) is 4.70. The fraction of sp³-hybridized carbons (Fsp3) is 0.455. The minimum absolute atomic E-state index is 0.367. The van der Waals surface area contributed by atoms with E-state index in [0.29, 0.717) is 12.1 Å². The molecule has 0 unspecified atom stereocenters. The van der Waals surface area contributed by atoms with Crippen LogP contribution >= 0.6 is 0 Å². The van der Waals surface area contributed by atoms with E-state index in [9.17, 15) is 26.3 Å². The third kappa shape index (κ3) is 2.88. The largest absolute Gasteiger partial charge is 0.497 e. The van der Waals surface area contributed by atoms with E-state index in [1.54, 1.807) is 0 Å². The van der Waals surface area contributed by atoms with Gasteiger partial charge in [-0.1, -0.05) is 6.92 Å². The van der Waals surface area contributed by atoms with E-state index in [1.807, 2.05) is 0 Å². The van der Waals surface area contributed by atoms with Crippen molar-refractivity contribution in [3.63, 3.8) is 0 Å². The summed E-state index contributed by atoms with van der Waals surface area (Å²) in [6, 6.07) is 1.15. The van der Waals surface area contributed by atoms with E-state index in [1.165, 1.54) is 6.92 Å². The number of halogens is 6. The third-order valence-electron chi connectivity index (χ3n) is 2.42. The quantitative estimate of drug-likeness (QED) is 0.729. The van der Waals surface area contributed by atoms with Crippen LogP contribution in [0.2, 0.25) is 0 Å². The molecule has 0 aliphatic rings. The molecule has 0 heterocycles. The first-order valence-electron chi connectivity index (χ1n) is 4.96. The Hall–Kier alpha value is -1.40. The fourth-order valence-electron chi connectivity index (χ4n) is 1.65. The number of rotatable bonds is 2. The Labute approximate surface area is 99.4 Å². The minimum Gasteiger partial charge on any atom is -0.497 e. The lowest BCUT2D eigenvalue weighted by molar-refractivity contribution is -0.144. The predicted octanol–water partition coefficient (Wildman–Crippen LogP) is 4.30. The van der Waals surface area contributed by atoms with Crippen LogP contribution in [0.15, 0.2) is 12.1 Å². The van der Waals surface area contributed by atoms with Crippen LogP contribution in [-0.2, 0) is 18.8 Å². The molecule has 7 heteroatoms. The van der Waals surface area contributed by atoms with Gasteiger partial charge in [0, 0.05) is 0 Å². The first kappa shape index (κ1) is 14.7. The van der Waals surface area contributed by atoms with E-state index in [4.69, 9.17) is 0 Å². The zero-order valence-corrected chi connectivity index (χ0v) is 9.54. The highest BCUT2D eigenvalue weighted by atomic mass is 19.4. The summed E-state index contributed by atoms with van der Waals surface area (Å²) in [7, 11) is 1.02. The zero-order valence-electron chi connectivity index (χ0n) is 9.54. The second-order valence-corrected chi connectivity index (χ2v) is 3.55. The first-order chi connectivity index (χ1) is 8.11. The summed E-state index contributed by atoms with van der Waals surface area (Å²) in [4.78, 5) is 0. The SMILES string of the molecule is CCc1c(C(F)(F)F)cc(OC)cc1C(F)(F)F. The Kier molecular flexibility index (Phi) is 3.83. The van der Waals surface area contributed by atoms with Crippen LogP contribution in [0.3, 0.4) is 0 Å². The van der Waals surface area contributed by atoms with Crippen molar-refractivity contribution in [1.29, 1.82) is 0 Å². The molecule has 0 spiro atoms. The Balaban J connectivity index is 3.61. The van der Waals surface area contributed by atoms with E-state index >= 15 is 0 Å². The summed E-state index contributed by atoms with van der Waals surface area (Å²) in [5.74, 6) is -0.466. The van der Waals surface area contributed by atoms with Crippen molar-refractivity contribution in [2.24, 2.45) is 0 Å². The summed E-state index contributed by atoms with van der Waals surface area (Å²) in [6.07, 6.45) is -10.1. The van der Waals surface area contributed by atoms with Gasteiger partial charge in [0.2, 0.25) is 0 Å². The molecule has 0 radical (unpaired) electrons. The predicted molar refractivity (Wildman–Crippen MR) is 52.4 cm³/mol. The molecule has 0 aliphatic heterocycles. The van der Waals surface area contributed by atoms with Crippen molar-refractivity contribution in [3.8, 4) is 5.75 Å². The van der Waals surface area contributed by atoms with E-state index in [0.717, 1.165) is 7.11 Å². The molecule has 1 aromatic carbocycles. The fourth-order valence-corrected chi connectivity index (χ4v) is 1.65. The normalized spacial score (nSPS) is 12.7. The standard InChI is InChI=1S/C11H10F6O/c1-3-7-8(10(12,13)14)4-6(18-2)5-9(7)11(15,16)17/h4-5H,3H2,1-2H3. The molecule has 0 fully saturated rings. The van der Waals surface area contributed by atoms with Crippen molar-refractivity contribution in [2.45, 2.75) is 25.7 Å². The van der Waals surface area contributed by atoms with Gasteiger partial charge < -0.3 is 4.74 Å². The maximum Gasteiger partial charge on any atom is 0.416 e. The maximum absolute atomic E-state index is 12.7. The lowest BCUT2D eigenvalue weighted by Crippen LogP contribution is -2.16. The van der Waals surface area contributed by atoms with Gasteiger partial charge in [0.15, 0.2) is 0 Å². The topological polar surface area (TPSA) is 9.23 Å². The lowest BCUT2D eigenvalue weighted by atomic mass is 9.97. The van der Waals surface area contributed by atoms with E-state index in [-0.39, 0.29) is 6.42 Å². The van der Waals surface area contributed by atoms with E-state index in [2.05, 4.69) is 4.74 Å². The molecule has 0 aromatic heterocycles. The van der Waals surface area contributed by atoms with Crippen LogP contribution in [0.5, 0.6) is 5.75 Å². The van der Waals surface area contributed by atoms with Crippen LogP contribution in [0, 0.1) is 0 Å². The van der Waals surface area contributed by atoms with Gasteiger partial charge in [-0.05, 0) is 24.1 Å². The first-order valence-corrected chi connectivity index (χ1v) is 4.96. The van der Waals surface area contributed by atoms with Crippen LogP contribution < -0.4 is 4.74 Å². The number of benzene rings is 1. The molecule has 1 aromatic rings. The van der Waals surface area contributed by atoms with Gasteiger partial charge >= 0.3 is 12.4 Å². The number of alkyl halides is 6. The average molecular weight is 272 g/mol. The van der Waals surface area contributed by atoms with Crippen molar-refractivity contribution in [2.75, 3.05) is 7.11 Å². The summed E-state index contributed by atoms with van der Waals surface area (Å²) in [6.45, 7) is 1.24. The third-order valence-corrected chi connectivity index (χ3v) is 2.42. The van der Waals surface area contributed by atoms with Crippen molar-refractivity contribution >= 4 is 0 Å². The highest BCUT2D eigenvalue weighted by Crippen LogP contribution is 2.42. The molecule has 0 saturated carbocycles. The molecular weight excluding hydrogens is 262 g/mol. The molecule has 1 rings (SSSR count). The molecular formula is C11H10F6O. The molecule has 18 heavy (non-hydrogen) atoms. The van der Waals surface area contributed by atoms with E-state index < -0.39 is 34.8 Å². The Morgan fingerprint density at radius 2 is 1.33 bits per heavy atom. The molecule has 102 valence electrons. The molecule has 0 saturated heterocycles. The van der Waals surface area contributed by atoms with Gasteiger partial charge in [0.05, 0.1) is 18.2 Å². The van der Waals surface area contributed by atoms with Gasteiger partial charge in [0.25, 0.3) is 0 Å². The van der Waals surface area contributed by atoms with Crippen LogP contribution in [-0.4, -0.2) is 7.11 Å². The minimum atomic E-state index is -4.85. The molecule has 0 atom stereocenters. The number of hydrogen-bond donors (Lipinski definition) is 0. The van der Waals surface area contributed by atoms with Crippen molar-refractivity contribution in [1.82, 2.24) is 0 Å². The number of methoxy groups -OCH3 is 1. The lowest BCUT2D eigenvalue weighted by Gasteiger charge is -2.19. The maximum atomic E-state index is 12.7. The Morgan fingerprint density at radius 3 is 1.56 bits per heavy atom. The summed E-state index contributed by atoms with van der Waals surface area (Å²) in [5, 5.41) is 0. The second-order valence-electron chi connectivity index (χ2n) is 3.55. The number of ether oxygens (including phenoxy) is 1. The van der Waals surface area contributed by atoms with Gasteiger partial charge in [-0.15, -0.1) is 0 Å².